The molecule has 2 rings (SSSR count). The van der Waals surface area contributed by atoms with E-state index in [1.54, 1.807) is 37.4 Å². The fourth-order valence-corrected chi connectivity index (χ4v) is 2.69. The molecule has 0 aromatic heterocycles. The van der Waals surface area contributed by atoms with Crippen LogP contribution in [0.1, 0.15) is 11.6 Å². The van der Waals surface area contributed by atoms with Crippen LogP contribution < -0.4 is 5.32 Å². The highest BCUT2D eigenvalue weighted by atomic mass is 19.4. The molecule has 6 heteroatoms. The first kappa shape index (κ1) is 16.3. The Balaban J connectivity index is 1.99. The molecule has 0 amide bonds. The summed E-state index contributed by atoms with van der Waals surface area (Å²) in [5.41, 5.74) is 0.299. The van der Waals surface area contributed by atoms with E-state index in [0.717, 1.165) is 26.2 Å². The minimum atomic E-state index is -4.26. The van der Waals surface area contributed by atoms with Gasteiger partial charge in [-0.3, -0.25) is 9.80 Å². The summed E-state index contributed by atoms with van der Waals surface area (Å²) in [6, 6.07) is 6.58. The van der Waals surface area contributed by atoms with E-state index in [1.807, 2.05) is 0 Å². The fraction of sp³-hybridized carbons (Fsp3) is 0.600. The van der Waals surface area contributed by atoms with Crippen LogP contribution in [0.2, 0.25) is 0 Å². The summed E-state index contributed by atoms with van der Waals surface area (Å²) in [5.74, 6) is 0. The Hall–Kier alpha value is -1.11. The second-order valence-corrected chi connectivity index (χ2v) is 5.43. The molecule has 118 valence electrons. The molecule has 1 fully saturated rings. The molecular formula is C15H22F3N3. The van der Waals surface area contributed by atoms with Gasteiger partial charge in [-0.1, -0.05) is 30.3 Å². The Morgan fingerprint density at radius 1 is 1.19 bits per heavy atom. The van der Waals surface area contributed by atoms with Gasteiger partial charge in [0, 0.05) is 39.3 Å². The lowest BCUT2D eigenvalue weighted by molar-refractivity contribution is -0.183. The number of halogens is 3. The van der Waals surface area contributed by atoms with Crippen molar-refractivity contribution in [3.05, 3.63) is 35.9 Å². The Labute approximate surface area is 123 Å². The van der Waals surface area contributed by atoms with Crippen molar-refractivity contribution < 1.29 is 13.2 Å². The highest BCUT2D eigenvalue weighted by Crippen LogP contribution is 2.36. The Kier molecular flexibility index (Phi) is 5.61. The summed E-state index contributed by atoms with van der Waals surface area (Å²) in [7, 11) is 1.55. The summed E-state index contributed by atoms with van der Waals surface area (Å²) in [4.78, 5) is 3.60. The smallest absolute Gasteiger partial charge is 0.314 e. The van der Waals surface area contributed by atoms with Crippen LogP contribution in [0.3, 0.4) is 0 Å². The third kappa shape index (κ3) is 4.69. The van der Waals surface area contributed by atoms with Crippen LogP contribution in [0.25, 0.3) is 0 Å². The molecule has 0 spiro atoms. The van der Waals surface area contributed by atoms with Gasteiger partial charge in [0.05, 0.1) is 0 Å². The van der Waals surface area contributed by atoms with E-state index in [-0.39, 0.29) is 0 Å². The number of hydrogen-bond acceptors (Lipinski definition) is 3. The van der Waals surface area contributed by atoms with Gasteiger partial charge >= 0.3 is 6.18 Å². The first-order chi connectivity index (χ1) is 9.98. The summed E-state index contributed by atoms with van der Waals surface area (Å²) in [6.07, 6.45) is -4.26. The normalized spacial score (nSPS) is 18.9. The largest absolute Gasteiger partial charge is 0.408 e. The van der Waals surface area contributed by atoms with Crippen molar-refractivity contribution in [2.24, 2.45) is 0 Å². The van der Waals surface area contributed by atoms with Crippen LogP contribution in [0.4, 0.5) is 13.2 Å². The maximum absolute atomic E-state index is 13.4. The van der Waals surface area contributed by atoms with E-state index >= 15 is 0 Å². The lowest BCUT2D eigenvalue weighted by atomic mass is 10.1. The minimum Gasteiger partial charge on any atom is -0.314 e. The average molecular weight is 301 g/mol. The molecule has 3 nitrogen and oxygen atoms in total. The summed E-state index contributed by atoms with van der Waals surface area (Å²) in [6.45, 7) is 4.68. The lowest BCUT2D eigenvalue weighted by Gasteiger charge is -2.33. The van der Waals surface area contributed by atoms with Gasteiger partial charge in [0.15, 0.2) is 0 Å². The molecule has 1 N–H and O–H groups in total. The van der Waals surface area contributed by atoms with Crippen molar-refractivity contribution in [1.29, 1.82) is 0 Å². The zero-order valence-corrected chi connectivity index (χ0v) is 12.2. The van der Waals surface area contributed by atoms with Crippen LogP contribution >= 0.6 is 0 Å². The molecule has 0 radical (unpaired) electrons. The highest BCUT2D eigenvalue weighted by Gasteiger charge is 2.43. The number of nitrogens with zero attached hydrogens (tertiary/aromatic N) is 2. The van der Waals surface area contributed by atoms with Crippen LogP contribution in [0.5, 0.6) is 0 Å². The molecule has 1 atom stereocenters. The SMILES string of the molecule is CN(CCN1CCNCC1)C(c1ccccc1)C(F)(F)F. The van der Waals surface area contributed by atoms with Gasteiger partial charge in [-0.25, -0.2) is 0 Å². The van der Waals surface area contributed by atoms with Gasteiger partial charge in [-0.2, -0.15) is 13.2 Å². The maximum atomic E-state index is 13.4. The summed E-state index contributed by atoms with van der Waals surface area (Å²) < 4.78 is 40.1. The van der Waals surface area contributed by atoms with Crippen LogP contribution in [0.15, 0.2) is 30.3 Å². The quantitative estimate of drug-likeness (QED) is 0.899. The molecule has 1 aliphatic rings. The molecular weight excluding hydrogens is 279 g/mol. The van der Waals surface area contributed by atoms with Gasteiger partial charge in [-0.05, 0) is 12.6 Å². The minimum absolute atomic E-state index is 0.299. The first-order valence-electron chi connectivity index (χ1n) is 7.23. The molecule has 0 saturated carbocycles. The standard InChI is InChI=1S/C15H22F3N3/c1-20(11-12-21-9-7-19-8-10-21)14(15(16,17)18)13-5-3-2-4-6-13/h2-6,14,19H,7-12H2,1H3. The van der Waals surface area contributed by atoms with Crippen LogP contribution in [-0.4, -0.2) is 62.3 Å². The van der Waals surface area contributed by atoms with E-state index in [4.69, 9.17) is 0 Å². The zero-order chi connectivity index (χ0) is 15.3. The molecule has 1 aromatic rings. The van der Waals surface area contributed by atoms with Crippen molar-refractivity contribution in [2.75, 3.05) is 46.3 Å². The van der Waals surface area contributed by atoms with Gasteiger partial charge < -0.3 is 5.32 Å². The Morgan fingerprint density at radius 3 is 2.38 bits per heavy atom. The van der Waals surface area contributed by atoms with E-state index in [1.165, 1.54) is 4.90 Å². The van der Waals surface area contributed by atoms with Crippen LogP contribution in [-0.2, 0) is 0 Å². The van der Waals surface area contributed by atoms with Crippen molar-refractivity contribution in [2.45, 2.75) is 12.2 Å². The topological polar surface area (TPSA) is 18.5 Å². The highest BCUT2D eigenvalue weighted by molar-refractivity contribution is 5.20. The number of piperazine rings is 1. The molecule has 0 aliphatic carbocycles. The van der Waals surface area contributed by atoms with E-state index in [2.05, 4.69) is 10.2 Å². The second kappa shape index (κ2) is 7.24. The fourth-order valence-electron chi connectivity index (χ4n) is 2.69. The number of nitrogens with one attached hydrogen (secondary N) is 1. The molecule has 1 unspecified atom stereocenters. The zero-order valence-electron chi connectivity index (χ0n) is 12.2. The Morgan fingerprint density at radius 2 is 1.81 bits per heavy atom. The third-order valence-corrected chi connectivity index (χ3v) is 3.84. The average Bonchev–Trinajstić information content (AvgIpc) is 2.46. The maximum Gasteiger partial charge on any atom is 0.408 e. The number of alkyl halides is 3. The van der Waals surface area contributed by atoms with Gasteiger partial charge in [0.25, 0.3) is 0 Å². The van der Waals surface area contributed by atoms with E-state index < -0.39 is 12.2 Å². The van der Waals surface area contributed by atoms with E-state index in [0.29, 0.717) is 18.7 Å². The van der Waals surface area contributed by atoms with Gasteiger partial charge in [0.2, 0.25) is 0 Å². The van der Waals surface area contributed by atoms with E-state index in [9.17, 15) is 13.2 Å². The molecule has 1 aromatic carbocycles. The van der Waals surface area contributed by atoms with Crippen molar-refractivity contribution >= 4 is 0 Å². The third-order valence-electron chi connectivity index (χ3n) is 3.84. The number of rotatable bonds is 5. The molecule has 21 heavy (non-hydrogen) atoms. The van der Waals surface area contributed by atoms with Crippen molar-refractivity contribution in [3.63, 3.8) is 0 Å². The van der Waals surface area contributed by atoms with Crippen molar-refractivity contribution in [3.8, 4) is 0 Å². The van der Waals surface area contributed by atoms with Crippen molar-refractivity contribution in [1.82, 2.24) is 15.1 Å². The molecule has 1 heterocycles. The number of benzene rings is 1. The Bertz CT molecular complexity index is 416. The monoisotopic (exact) mass is 301 g/mol. The van der Waals surface area contributed by atoms with Crippen LogP contribution in [0, 0.1) is 0 Å². The summed E-state index contributed by atoms with van der Waals surface area (Å²) in [5, 5.41) is 3.24. The molecule has 1 saturated heterocycles. The summed E-state index contributed by atoms with van der Waals surface area (Å²) >= 11 is 0. The predicted octanol–water partition coefficient (Wildman–Crippen LogP) is 2.13. The number of hydrogen-bond donors (Lipinski definition) is 1. The predicted molar refractivity (Wildman–Crippen MR) is 77.2 cm³/mol. The van der Waals surface area contributed by atoms with Gasteiger partial charge in [0.1, 0.15) is 6.04 Å². The van der Waals surface area contributed by atoms with Gasteiger partial charge in [-0.15, -0.1) is 0 Å². The lowest BCUT2D eigenvalue weighted by Crippen LogP contribution is -2.47. The first-order valence-corrected chi connectivity index (χ1v) is 7.23. The molecule has 1 aliphatic heterocycles. The molecule has 0 bridgehead atoms. The second-order valence-electron chi connectivity index (χ2n) is 5.43. The number of likely N-dealkylation sites (N-methyl/N-ethyl adjacent to an activating group) is 1.